The van der Waals surface area contributed by atoms with Crippen LogP contribution in [0.1, 0.15) is 43.1 Å². The fourth-order valence-electron chi connectivity index (χ4n) is 3.82. The molecule has 0 spiro atoms. The fraction of sp³-hybridized carbons (Fsp3) is 0.619. The number of carbonyl (C=O) groups is 2. The minimum atomic E-state index is -0.335. The third-order valence-electron chi connectivity index (χ3n) is 5.52. The van der Waals surface area contributed by atoms with Crippen LogP contribution in [-0.4, -0.2) is 66.0 Å². The van der Waals surface area contributed by atoms with E-state index in [-0.39, 0.29) is 35.7 Å². The first-order valence-electron chi connectivity index (χ1n) is 9.74. The van der Waals surface area contributed by atoms with E-state index in [0.717, 1.165) is 26.1 Å². The van der Waals surface area contributed by atoms with Crippen LogP contribution in [0, 0.1) is 5.92 Å². The van der Waals surface area contributed by atoms with E-state index in [4.69, 9.17) is 0 Å². The Morgan fingerprint density at radius 2 is 1.89 bits per heavy atom. The minimum Gasteiger partial charge on any atom is -0.341 e. The lowest BCUT2D eigenvalue weighted by Gasteiger charge is -2.27. The maximum atomic E-state index is 13.0. The molecule has 1 N–H and O–H groups in total. The Morgan fingerprint density at radius 3 is 2.50 bits per heavy atom. The van der Waals surface area contributed by atoms with Gasteiger partial charge in [-0.2, -0.15) is 0 Å². The lowest BCUT2D eigenvalue weighted by molar-refractivity contribution is -0.133. The molecule has 2 unspecified atom stereocenters. The number of rotatable bonds is 4. The summed E-state index contributed by atoms with van der Waals surface area (Å²) in [5.74, 6) is 1.87. The van der Waals surface area contributed by atoms with Crippen molar-refractivity contribution in [3.63, 3.8) is 0 Å². The molecule has 0 saturated carbocycles. The Hall–Kier alpha value is -1.24. The monoisotopic (exact) mass is 425 g/mol. The third-order valence-corrected chi connectivity index (χ3v) is 6.53. The second kappa shape index (κ2) is 9.51. The quantitative estimate of drug-likeness (QED) is 0.805. The second-order valence-corrected chi connectivity index (χ2v) is 9.61. The molecule has 2 saturated heterocycles. The fourth-order valence-corrected chi connectivity index (χ4v) is 4.97. The molecule has 1 aromatic rings. The number of halogens is 1. The van der Waals surface area contributed by atoms with Gasteiger partial charge >= 0.3 is 0 Å². The van der Waals surface area contributed by atoms with Crippen molar-refractivity contribution in [3.8, 4) is 0 Å². The number of nitrogens with one attached hydrogen (secondary N) is 1. The number of amides is 2. The zero-order chi connectivity index (χ0) is 19.6. The summed E-state index contributed by atoms with van der Waals surface area (Å²) < 4.78 is 0. The molecule has 0 aliphatic carbocycles. The molecule has 2 aliphatic rings. The van der Waals surface area contributed by atoms with Crippen molar-refractivity contribution in [2.75, 3.05) is 38.3 Å². The Bertz CT molecular complexity index is 690. The van der Waals surface area contributed by atoms with Crippen LogP contribution >= 0.6 is 24.2 Å². The molecule has 2 amide bonds. The predicted octanol–water partition coefficient (Wildman–Crippen LogP) is 2.99. The second-order valence-electron chi connectivity index (χ2n) is 8.61. The highest BCUT2D eigenvalue weighted by atomic mass is 35.5. The molecule has 5 nitrogen and oxygen atoms in total. The topological polar surface area (TPSA) is 52.7 Å². The van der Waals surface area contributed by atoms with Crippen LogP contribution in [0.15, 0.2) is 24.3 Å². The average Bonchev–Trinajstić information content (AvgIpc) is 3.30. The Labute approximate surface area is 179 Å². The van der Waals surface area contributed by atoms with Gasteiger partial charge in [-0.3, -0.25) is 9.59 Å². The highest BCUT2D eigenvalue weighted by Gasteiger charge is 2.39. The molecule has 28 heavy (non-hydrogen) atoms. The molecular formula is C21H32ClN3O2S. The van der Waals surface area contributed by atoms with Crippen LogP contribution in [-0.2, 0) is 10.2 Å². The maximum absolute atomic E-state index is 13.0. The number of likely N-dealkylation sites (tertiary alicyclic amines) is 1. The van der Waals surface area contributed by atoms with E-state index in [1.165, 1.54) is 5.56 Å². The van der Waals surface area contributed by atoms with E-state index < -0.39 is 0 Å². The van der Waals surface area contributed by atoms with Crippen molar-refractivity contribution in [2.24, 2.45) is 5.92 Å². The highest BCUT2D eigenvalue weighted by Crippen LogP contribution is 2.28. The number of hydrogen-bond acceptors (Lipinski definition) is 4. The number of thioether (sulfide) groups is 1. The predicted molar refractivity (Wildman–Crippen MR) is 118 cm³/mol. The normalized spacial score (nSPS) is 22.3. The summed E-state index contributed by atoms with van der Waals surface area (Å²) in [6.07, 6.45) is 1.04. The number of nitrogens with zero attached hydrogens (tertiary/aromatic N) is 2. The van der Waals surface area contributed by atoms with Gasteiger partial charge in [0.15, 0.2) is 0 Å². The van der Waals surface area contributed by atoms with Gasteiger partial charge in [-0.25, -0.2) is 0 Å². The van der Waals surface area contributed by atoms with Crippen molar-refractivity contribution >= 4 is 36.0 Å². The summed E-state index contributed by atoms with van der Waals surface area (Å²) in [4.78, 5) is 29.8. The van der Waals surface area contributed by atoms with Crippen molar-refractivity contribution in [1.82, 2.24) is 15.1 Å². The molecule has 2 aliphatic heterocycles. The summed E-state index contributed by atoms with van der Waals surface area (Å²) in [7, 11) is 1.95. The van der Waals surface area contributed by atoms with Gasteiger partial charge in [0.2, 0.25) is 5.91 Å². The van der Waals surface area contributed by atoms with Gasteiger partial charge in [-0.05, 0) is 49.0 Å². The standard InChI is InChI=1S/C21H31N3O2S.ClH/c1-21(2,3)17-7-5-16(6-8-17)19(25)24-14-27-13-18(24)20(26)23-10-9-15(12-23)11-22-4;/h5-8,15,18,22H,9-14H2,1-4H3;1H. The van der Waals surface area contributed by atoms with E-state index >= 15 is 0 Å². The van der Waals surface area contributed by atoms with Crippen molar-refractivity contribution in [3.05, 3.63) is 35.4 Å². The largest absolute Gasteiger partial charge is 0.341 e. The number of hydrogen-bond donors (Lipinski definition) is 1. The van der Waals surface area contributed by atoms with Gasteiger partial charge in [0.25, 0.3) is 5.91 Å². The van der Waals surface area contributed by atoms with Gasteiger partial charge in [0.05, 0.1) is 5.88 Å². The first-order valence-corrected chi connectivity index (χ1v) is 10.9. The molecule has 0 aromatic heterocycles. The first-order chi connectivity index (χ1) is 12.8. The molecule has 3 rings (SSSR count). The molecule has 1 aromatic carbocycles. The van der Waals surface area contributed by atoms with E-state index in [1.54, 1.807) is 16.7 Å². The lowest BCUT2D eigenvalue weighted by atomic mass is 9.86. The minimum absolute atomic E-state index is 0. The summed E-state index contributed by atoms with van der Waals surface area (Å²) in [6.45, 7) is 9.01. The third kappa shape index (κ3) is 5.02. The lowest BCUT2D eigenvalue weighted by Crippen LogP contribution is -2.48. The van der Waals surface area contributed by atoms with Gasteiger partial charge in [0, 0.05) is 24.4 Å². The van der Waals surface area contributed by atoms with E-state index in [0.29, 0.717) is 23.1 Å². The van der Waals surface area contributed by atoms with E-state index in [1.807, 2.05) is 36.2 Å². The van der Waals surface area contributed by atoms with Crippen LogP contribution in [0.4, 0.5) is 0 Å². The van der Waals surface area contributed by atoms with Crippen molar-refractivity contribution in [1.29, 1.82) is 0 Å². The van der Waals surface area contributed by atoms with Crippen LogP contribution in [0.5, 0.6) is 0 Å². The van der Waals surface area contributed by atoms with Crippen LogP contribution < -0.4 is 5.32 Å². The number of carbonyl (C=O) groups excluding carboxylic acids is 2. The van der Waals surface area contributed by atoms with Crippen molar-refractivity contribution < 1.29 is 9.59 Å². The molecule has 7 heteroatoms. The maximum Gasteiger partial charge on any atom is 0.255 e. The zero-order valence-corrected chi connectivity index (χ0v) is 18.9. The summed E-state index contributed by atoms with van der Waals surface area (Å²) in [6, 6.07) is 7.50. The van der Waals surface area contributed by atoms with Gasteiger partial charge in [-0.1, -0.05) is 32.9 Å². The van der Waals surface area contributed by atoms with Crippen LogP contribution in [0.25, 0.3) is 0 Å². The highest BCUT2D eigenvalue weighted by molar-refractivity contribution is 7.99. The average molecular weight is 426 g/mol. The summed E-state index contributed by atoms with van der Waals surface area (Å²) in [5, 5.41) is 3.20. The Kier molecular flexibility index (Phi) is 7.82. The van der Waals surface area contributed by atoms with Crippen molar-refractivity contribution in [2.45, 2.75) is 38.6 Å². The zero-order valence-electron chi connectivity index (χ0n) is 17.2. The van der Waals surface area contributed by atoms with E-state index in [9.17, 15) is 9.59 Å². The molecule has 2 fully saturated rings. The Morgan fingerprint density at radius 1 is 1.21 bits per heavy atom. The van der Waals surface area contributed by atoms with E-state index in [2.05, 4.69) is 26.1 Å². The van der Waals surface area contributed by atoms with Gasteiger partial charge in [-0.15, -0.1) is 24.2 Å². The molecule has 156 valence electrons. The van der Waals surface area contributed by atoms with Gasteiger partial charge < -0.3 is 15.1 Å². The molecule has 2 heterocycles. The molecule has 0 radical (unpaired) electrons. The SMILES string of the molecule is CNCC1CCN(C(=O)C2CSCN2C(=O)c2ccc(C(C)(C)C)cc2)C1.Cl. The van der Waals surface area contributed by atoms with Crippen LogP contribution in [0.2, 0.25) is 0 Å². The first kappa shape index (κ1) is 23.0. The molecular weight excluding hydrogens is 394 g/mol. The number of benzene rings is 1. The molecule has 2 atom stereocenters. The van der Waals surface area contributed by atoms with Gasteiger partial charge in [0.1, 0.15) is 6.04 Å². The molecule has 0 bridgehead atoms. The van der Waals surface area contributed by atoms with Crippen LogP contribution in [0.3, 0.4) is 0 Å². The summed E-state index contributed by atoms with van der Waals surface area (Å²) in [5.41, 5.74) is 1.93. The Balaban J connectivity index is 0.00000280. The smallest absolute Gasteiger partial charge is 0.255 e. The summed E-state index contributed by atoms with van der Waals surface area (Å²) >= 11 is 1.66.